The Bertz CT molecular complexity index is 1230. The number of unbranched alkanes of at least 4 members (excludes halogenated alkanes) is 48. The Hall–Kier alpha value is -1.91. The highest BCUT2D eigenvalue weighted by Gasteiger charge is 2.18. The van der Waals surface area contributed by atoms with Gasteiger partial charge < -0.3 is 15.5 Å². The van der Waals surface area contributed by atoms with Crippen molar-refractivity contribution in [3.63, 3.8) is 0 Å². The van der Waals surface area contributed by atoms with Crippen LogP contribution >= 0.6 is 0 Å². The number of allylic oxidation sites excluding steroid dienone is 9. The molecule has 0 saturated heterocycles. The van der Waals surface area contributed by atoms with E-state index in [1.807, 2.05) is 6.08 Å². The van der Waals surface area contributed by atoms with Gasteiger partial charge >= 0.3 is 0 Å². The summed E-state index contributed by atoms with van der Waals surface area (Å²) in [5.74, 6) is -0.0696. The predicted octanol–water partition coefficient (Wildman–Crippen LogP) is 23.1. The Morgan fingerprint density at radius 2 is 0.560 bits per heavy atom. The smallest absolute Gasteiger partial charge is 0.220 e. The number of carbonyl (C=O) groups excluding carboxylic acids is 1. The van der Waals surface area contributed by atoms with Crippen LogP contribution in [-0.4, -0.2) is 34.9 Å². The summed E-state index contributed by atoms with van der Waals surface area (Å²) in [6.45, 7) is 4.32. The molecule has 0 bridgehead atoms. The lowest BCUT2D eigenvalue weighted by Crippen LogP contribution is -2.45. The van der Waals surface area contributed by atoms with Crippen molar-refractivity contribution < 1.29 is 15.0 Å². The van der Waals surface area contributed by atoms with E-state index in [1.54, 1.807) is 6.08 Å². The second-order valence-electron chi connectivity index (χ2n) is 23.2. The first-order chi connectivity index (χ1) is 37.2. The fourth-order valence-corrected chi connectivity index (χ4v) is 10.6. The van der Waals surface area contributed by atoms with E-state index in [1.165, 1.54) is 302 Å². The van der Waals surface area contributed by atoms with Gasteiger partial charge in [-0.15, -0.1) is 0 Å². The van der Waals surface area contributed by atoms with Gasteiger partial charge in [-0.25, -0.2) is 0 Å². The van der Waals surface area contributed by atoms with Crippen LogP contribution in [0.2, 0.25) is 0 Å². The van der Waals surface area contributed by atoms with E-state index in [0.29, 0.717) is 6.42 Å². The molecule has 0 aromatic heterocycles. The number of carbonyl (C=O) groups is 1. The van der Waals surface area contributed by atoms with Crippen LogP contribution in [0, 0.1) is 0 Å². The lowest BCUT2D eigenvalue weighted by atomic mass is 10.0. The van der Waals surface area contributed by atoms with E-state index in [9.17, 15) is 15.0 Å². The average Bonchev–Trinajstić information content (AvgIpc) is 3.41. The van der Waals surface area contributed by atoms with E-state index in [0.717, 1.165) is 44.9 Å². The minimum atomic E-state index is -0.866. The Morgan fingerprint density at radius 1 is 0.320 bits per heavy atom. The van der Waals surface area contributed by atoms with Gasteiger partial charge in [0.15, 0.2) is 0 Å². The van der Waals surface area contributed by atoms with E-state index >= 15 is 0 Å². The highest BCUT2D eigenvalue weighted by molar-refractivity contribution is 5.76. The molecular weight excluding hydrogens is 915 g/mol. The molecule has 1 amide bonds. The van der Waals surface area contributed by atoms with Crippen molar-refractivity contribution in [2.75, 3.05) is 6.61 Å². The van der Waals surface area contributed by atoms with E-state index in [2.05, 4.69) is 67.8 Å². The summed E-state index contributed by atoms with van der Waals surface area (Å²) >= 11 is 0. The van der Waals surface area contributed by atoms with Crippen molar-refractivity contribution in [2.24, 2.45) is 0 Å². The fraction of sp³-hybridized carbons (Fsp3) is 0.845. The first kappa shape index (κ1) is 73.1. The molecule has 75 heavy (non-hydrogen) atoms. The first-order valence-corrected chi connectivity index (χ1v) is 34.0. The lowest BCUT2D eigenvalue weighted by Gasteiger charge is -2.19. The fourth-order valence-electron chi connectivity index (χ4n) is 10.6. The van der Waals surface area contributed by atoms with E-state index in [4.69, 9.17) is 0 Å². The molecule has 4 heteroatoms. The highest BCUT2D eigenvalue weighted by atomic mass is 16.3. The molecule has 2 unspecified atom stereocenters. The molecule has 3 N–H and O–H groups in total. The van der Waals surface area contributed by atoms with Gasteiger partial charge in [0, 0.05) is 6.42 Å². The van der Waals surface area contributed by atoms with Crippen molar-refractivity contribution >= 4 is 5.91 Å². The van der Waals surface area contributed by atoms with Crippen LogP contribution in [0.4, 0.5) is 0 Å². The maximum atomic E-state index is 12.5. The largest absolute Gasteiger partial charge is 0.394 e. The Kier molecular flexibility index (Phi) is 64.7. The van der Waals surface area contributed by atoms with Gasteiger partial charge in [-0.05, 0) is 70.6 Å². The molecule has 0 spiro atoms. The number of hydrogen-bond acceptors (Lipinski definition) is 3. The Balaban J connectivity index is 3.48. The molecule has 0 aliphatic heterocycles. The molecule has 0 aromatic carbocycles. The van der Waals surface area contributed by atoms with Crippen molar-refractivity contribution in [2.45, 2.75) is 379 Å². The van der Waals surface area contributed by atoms with E-state index < -0.39 is 12.1 Å². The summed E-state index contributed by atoms with van der Waals surface area (Å²) in [5, 5.41) is 23.3. The zero-order valence-electron chi connectivity index (χ0n) is 50.8. The summed E-state index contributed by atoms with van der Waals surface area (Å²) < 4.78 is 0. The van der Waals surface area contributed by atoms with Gasteiger partial charge in [-0.2, -0.15) is 0 Å². The molecule has 0 aliphatic rings. The maximum absolute atomic E-state index is 12.5. The molecule has 0 aliphatic carbocycles. The van der Waals surface area contributed by atoms with Gasteiger partial charge in [0.2, 0.25) is 5.91 Å². The van der Waals surface area contributed by atoms with Crippen LogP contribution in [0.5, 0.6) is 0 Å². The monoisotopic (exact) mass is 1050 g/mol. The summed E-state index contributed by atoms with van der Waals surface area (Å²) in [4.78, 5) is 12.5. The van der Waals surface area contributed by atoms with E-state index in [-0.39, 0.29) is 12.5 Å². The first-order valence-electron chi connectivity index (χ1n) is 34.0. The van der Waals surface area contributed by atoms with Crippen LogP contribution < -0.4 is 5.32 Å². The third kappa shape index (κ3) is 62.8. The van der Waals surface area contributed by atoms with Crippen LogP contribution in [-0.2, 0) is 4.79 Å². The summed E-state index contributed by atoms with van der Waals surface area (Å²) in [6, 6.07) is -0.643. The van der Waals surface area contributed by atoms with Crippen LogP contribution in [0.15, 0.2) is 60.8 Å². The molecule has 0 radical (unpaired) electrons. The number of amides is 1. The highest BCUT2D eigenvalue weighted by Crippen LogP contribution is 2.18. The van der Waals surface area contributed by atoms with Crippen LogP contribution in [0.25, 0.3) is 0 Å². The number of aliphatic hydroxyl groups excluding tert-OH is 2. The summed E-state index contributed by atoms with van der Waals surface area (Å²) in [6.07, 6.45) is 94.4. The van der Waals surface area contributed by atoms with Gasteiger partial charge in [0.25, 0.3) is 0 Å². The molecule has 4 nitrogen and oxygen atoms in total. The maximum Gasteiger partial charge on any atom is 0.220 e. The van der Waals surface area contributed by atoms with Gasteiger partial charge in [0.1, 0.15) is 0 Å². The van der Waals surface area contributed by atoms with Gasteiger partial charge in [-0.3, -0.25) is 4.79 Å². The molecule has 0 fully saturated rings. The zero-order valence-corrected chi connectivity index (χ0v) is 50.8. The molecule has 2 atom stereocenters. The third-order valence-electron chi connectivity index (χ3n) is 15.7. The molecule has 0 aromatic rings. The number of rotatable bonds is 63. The normalized spacial score (nSPS) is 13.1. The standard InChI is InChI=1S/C71H133NO3/c1-3-5-7-9-11-13-15-17-19-21-23-25-27-29-31-33-35-37-38-40-42-44-46-48-50-52-54-56-58-60-62-64-66-70(74)69(68-73)72-71(75)67-65-63-61-59-57-55-53-51-49-47-45-43-41-39-36-34-32-30-28-26-24-22-20-18-16-14-12-10-8-6-4-2/h16,18,22,24,28,30,56,58,64,66,69-70,73-74H,3-15,17,19-21,23,25-27,29,31-55,57,59-63,65,67-68H2,1-2H3,(H,72,75)/b18-16-,24-22-,30-28-,58-56+,66-64+. The molecule has 440 valence electrons. The molecular formula is C71H133NO3. The van der Waals surface area contributed by atoms with Crippen molar-refractivity contribution in [3.8, 4) is 0 Å². The molecule has 0 rings (SSSR count). The van der Waals surface area contributed by atoms with Gasteiger partial charge in [-0.1, -0.05) is 351 Å². The lowest BCUT2D eigenvalue weighted by molar-refractivity contribution is -0.123. The summed E-state index contributed by atoms with van der Waals surface area (Å²) in [5.41, 5.74) is 0. The second kappa shape index (κ2) is 66.4. The Labute approximate surface area is 470 Å². The molecule has 0 heterocycles. The second-order valence-corrected chi connectivity index (χ2v) is 23.2. The minimum Gasteiger partial charge on any atom is -0.394 e. The van der Waals surface area contributed by atoms with Crippen molar-refractivity contribution in [3.05, 3.63) is 60.8 Å². The number of aliphatic hydroxyl groups is 2. The zero-order chi connectivity index (χ0) is 54.1. The van der Waals surface area contributed by atoms with Crippen LogP contribution in [0.1, 0.15) is 367 Å². The van der Waals surface area contributed by atoms with Gasteiger partial charge in [0.05, 0.1) is 18.8 Å². The molecule has 0 saturated carbocycles. The predicted molar refractivity (Wildman–Crippen MR) is 336 cm³/mol. The SMILES string of the molecule is CCCCCCC/C=C\C/C=C\C/C=C\CCCCCCCCCCCCCCCCCCC(=O)NC(CO)C(O)/C=C/CC/C=C/CCCCCCCCCCCCCCCCCCCCCCCCCCCC. The quantitative estimate of drug-likeness (QED) is 0.0420. The number of hydrogen-bond donors (Lipinski definition) is 3. The average molecular weight is 1050 g/mol. The Morgan fingerprint density at radius 3 is 0.867 bits per heavy atom. The summed E-state index contributed by atoms with van der Waals surface area (Å²) in [7, 11) is 0. The van der Waals surface area contributed by atoms with Crippen LogP contribution in [0.3, 0.4) is 0 Å². The number of nitrogens with one attached hydrogen (secondary N) is 1. The van der Waals surface area contributed by atoms with Crippen molar-refractivity contribution in [1.29, 1.82) is 0 Å². The minimum absolute atomic E-state index is 0.0696. The topological polar surface area (TPSA) is 69.6 Å². The van der Waals surface area contributed by atoms with Crippen molar-refractivity contribution in [1.82, 2.24) is 5.32 Å². The third-order valence-corrected chi connectivity index (χ3v) is 15.7.